The second kappa shape index (κ2) is 7.46. The molecule has 1 fully saturated rings. The van der Waals surface area contributed by atoms with Crippen LogP contribution in [0.2, 0.25) is 0 Å². The number of amides is 3. The zero-order valence-corrected chi connectivity index (χ0v) is 16.7. The predicted octanol–water partition coefficient (Wildman–Crippen LogP) is 3.78. The van der Waals surface area contributed by atoms with Crippen molar-refractivity contribution < 1.29 is 27.9 Å². The quantitative estimate of drug-likeness (QED) is 0.500. The molecule has 158 valence electrons. The number of Topliss-reactive ketones (excluding diaryl/α,β-unsaturated/α-hetero) is 1. The molecule has 31 heavy (non-hydrogen) atoms. The van der Waals surface area contributed by atoms with E-state index in [0.717, 1.165) is 29.0 Å². The average Bonchev–Trinajstić information content (AvgIpc) is 2.98. The summed E-state index contributed by atoms with van der Waals surface area (Å²) in [5.74, 6) is -2.57. The second-order valence-corrected chi connectivity index (χ2v) is 7.42. The Bertz CT molecular complexity index is 1240. The summed E-state index contributed by atoms with van der Waals surface area (Å²) in [6.07, 6.45) is 0. The van der Waals surface area contributed by atoms with Crippen molar-refractivity contribution in [3.05, 3.63) is 77.4 Å². The van der Waals surface area contributed by atoms with E-state index in [4.69, 9.17) is 4.74 Å². The number of fused-ring (bicyclic) bond motifs is 1. The minimum atomic E-state index is -1.41. The summed E-state index contributed by atoms with van der Waals surface area (Å²) >= 11 is 0. The fraction of sp³-hybridized carbons (Fsp3) is 0.174. The Morgan fingerprint density at radius 1 is 1.03 bits per heavy atom. The second-order valence-electron chi connectivity index (χ2n) is 7.42. The Labute approximate surface area is 176 Å². The van der Waals surface area contributed by atoms with E-state index in [1.165, 1.54) is 6.92 Å². The highest BCUT2D eigenvalue weighted by molar-refractivity contribution is 6.11. The van der Waals surface area contributed by atoms with Gasteiger partial charge >= 0.3 is 6.03 Å². The van der Waals surface area contributed by atoms with Crippen molar-refractivity contribution >= 4 is 28.5 Å². The molecule has 3 amide bonds. The number of rotatable bonds is 5. The third kappa shape index (κ3) is 3.50. The molecule has 1 heterocycles. The third-order valence-corrected chi connectivity index (χ3v) is 5.43. The highest BCUT2D eigenvalue weighted by Gasteiger charge is 2.49. The summed E-state index contributed by atoms with van der Waals surface area (Å²) in [6, 6.07) is 12.4. The zero-order chi connectivity index (χ0) is 22.3. The number of urea groups is 1. The lowest BCUT2D eigenvalue weighted by atomic mass is 9.90. The highest BCUT2D eigenvalue weighted by Crippen LogP contribution is 2.32. The zero-order valence-electron chi connectivity index (χ0n) is 16.7. The van der Waals surface area contributed by atoms with Crippen molar-refractivity contribution in [3.63, 3.8) is 0 Å². The van der Waals surface area contributed by atoms with E-state index in [-0.39, 0.29) is 0 Å². The summed E-state index contributed by atoms with van der Waals surface area (Å²) in [6.45, 7) is 0.830. The molecule has 1 N–H and O–H groups in total. The van der Waals surface area contributed by atoms with E-state index in [1.54, 1.807) is 31.4 Å². The molecule has 3 aromatic rings. The maximum absolute atomic E-state index is 13.9. The van der Waals surface area contributed by atoms with Gasteiger partial charge in [0.25, 0.3) is 5.91 Å². The van der Waals surface area contributed by atoms with Crippen molar-refractivity contribution in [2.45, 2.75) is 12.5 Å². The number of halogens is 2. The lowest BCUT2D eigenvalue weighted by Gasteiger charge is -2.22. The molecule has 0 bridgehead atoms. The first-order chi connectivity index (χ1) is 14.7. The first kappa shape index (κ1) is 20.5. The molecule has 0 aliphatic carbocycles. The first-order valence-corrected chi connectivity index (χ1v) is 9.43. The van der Waals surface area contributed by atoms with E-state index < -0.39 is 47.0 Å². The SMILES string of the molecule is COc1ccc2cc(C3(C)NC(=O)N(CC(=O)c4cc(F)ccc4F)C3=O)ccc2c1. The number of ketones is 1. The van der Waals surface area contributed by atoms with Gasteiger partial charge in [0.15, 0.2) is 5.78 Å². The molecule has 0 radical (unpaired) electrons. The summed E-state index contributed by atoms with van der Waals surface area (Å²) in [7, 11) is 1.56. The van der Waals surface area contributed by atoms with Crippen LogP contribution in [0.5, 0.6) is 5.75 Å². The van der Waals surface area contributed by atoms with Crippen molar-refractivity contribution in [3.8, 4) is 5.75 Å². The van der Waals surface area contributed by atoms with Gasteiger partial charge in [-0.1, -0.05) is 18.2 Å². The number of nitrogens with zero attached hydrogens (tertiary/aromatic N) is 1. The fourth-order valence-electron chi connectivity index (χ4n) is 3.64. The smallest absolute Gasteiger partial charge is 0.325 e. The maximum atomic E-state index is 13.9. The van der Waals surface area contributed by atoms with Gasteiger partial charge in [-0.05, 0) is 59.7 Å². The van der Waals surface area contributed by atoms with Gasteiger partial charge in [0.2, 0.25) is 0 Å². The van der Waals surface area contributed by atoms with Gasteiger partial charge < -0.3 is 10.1 Å². The molecule has 8 heteroatoms. The predicted molar refractivity (Wildman–Crippen MR) is 109 cm³/mol. The van der Waals surface area contributed by atoms with E-state index in [0.29, 0.717) is 16.2 Å². The van der Waals surface area contributed by atoms with Gasteiger partial charge in [0.05, 0.1) is 19.2 Å². The van der Waals surface area contributed by atoms with Gasteiger partial charge in [-0.3, -0.25) is 14.5 Å². The van der Waals surface area contributed by atoms with Crippen molar-refractivity contribution in [2.75, 3.05) is 13.7 Å². The van der Waals surface area contributed by atoms with Gasteiger partial charge in [0.1, 0.15) is 22.9 Å². The van der Waals surface area contributed by atoms with E-state index in [9.17, 15) is 23.2 Å². The lowest BCUT2D eigenvalue weighted by Crippen LogP contribution is -2.41. The summed E-state index contributed by atoms with van der Waals surface area (Å²) in [5.41, 5.74) is -1.41. The topological polar surface area (TPSA) is 75.7 Å². The van der Waals surface area contributed by atoms with E-state index in [2.05, 4.69) is 5.32 Å². The van der Waals surface area contributed by atoms with E-state index >= 15 is 0 Å². The Morgan fingerprint density at radius 2 is 1.74 bits per heavy atom. The van der Waals surface area contributed by atoms with Crippen molar-refractivity contribution in [1.29, 1.82) is 0 Å². The molecular weight excluding hydrogens is 406 g/mol. The number of imide groups is 1. The van der Waals surface area contributed by atoms with Crippen LogP contribution in [0.25, 0.3) is 10.8 Å². The van der Waals surface area contributed by atoms with Crippen molar-refractivity contribution in [1.82, 2.24) is 10.2 Å². The van der Waals surface area contributed by atoms with E-state index in [1.807, 2.05) is 12.1 Å². The number of ether oxygens (including phenoxy) is 1. The van der Waals surface area contributed by atoms with Crippen LogP contribution in [0, 0.1) is 11.6 Å². The molecule has 0 saturated carbocycles. The number of benzene rings is 3. The Hall–Kier alpha value is -3.81. The number of carbonyl (C=O) groups excluding carboxylic acids is 3. The van der Waals surface area contributed by atoms with Gasteiger partial charge in [0, 0.05) is 0 Å². The molecule has 1 unspecified atom stereocenters. The number of carbonyl (C=O) groups is 3. The van der Waals surface area contributed by atoms with Gasteiger partial charge in [-0.2, -0.15) is 0 Å². The lowest BCUT2D eigenvalue weighted by molar-refractivity contribution is -0.130. The number of hydrogen-bond acceptors (Lipinski definition) is 4. The molecule has 1 aliphatic heterocycles. The van der Waals surface area contributed by atoms with Gasteiger partial charge in [-0.15, -0.1) is 0 Å². The third-order valence-electron chi connectivity index (χ3n) is 5.43. The molecule has 3 aromatic carbocycles. The largest absolute Gasteiger partial charge is 0.497 e. The highest BCUT2D eigenvalue weighted by atomic mass is 19.1. The minimum Gasteiger partial charge on any atom is -0.497 e. The number of hydrogen-bond donors (Lipinski definition) is 1. The summed E-state index contributed by atoms with van der Waals surface area (Å²) in [5, 5.41) is 4.33. The van der Waals surface area contributed by atoms with Gasteiger partial charge in [-0.25, -0.2) is 13.6 Å². The Kier molecular flexibility index (Phi) is 4.93. The monoisotopic (exact) mass is 424 g/mol. The standard InChI is InChI=1S/C23H18F2N2O4/c1-23(15-5-3-14-10-17(31-2)7-4-13(14)9-15)21(29)27(22(30)26-23)12-20(28)18-11-16(24)6-8-19(18)25/h3-11H,12H2,1-2H3,(H,26,30). The molecule has 1 atom stereocenters. The number of methoxy groups -OCH3 is 1. The maximum Gasteiger partial charge on any atom is 0.325 e. The molecule has 0 aromatic heterocycles. The van der Waals surface area contributed by atoms with Crippen LogP contribution >= 0.6 is 0 Å². The normalized spacial score (nSPS) is 18.4. The molecule has 1 aliphatic rings. The summed E-state index contributed by atoms with van der Waals surface area (Å²) < 4.78 is 32.5. The van der Waals surface area contributed by atoms with Crippen LogP contribution in [0.1, 0.15) is 22.8 Å². The Balaban J connectivity index is 1.63. The van der Waals surface area contributed by atoms with Crippen LogP contribution in [0.4, 0.5) is 13.6 Å². The van der Waals surface area contributed by atoms with Crippen LogP contribution in [-0.4, -0.2) is 36.3 Å². The van der Waals surface area contributed by atoms with Crippen LogP contribution in [0.15, 0.2) is 54.6 Å². The molecule has 4 rings (SSSR count). The van der Waals surface area contributed by atoms with Crippen LogP contribution in [-0.2, 0) is 10.3 Å². The fourth-order valence-corrected chi connectivity index (χ4v) is 3.64. The molecule has 0 spiro atoms. The van der Waals surface area contributed by atoms with Crippen molar-refractivity contribution in [2.24, 2.45) is 0 Å². The van der Waals surface area contributed by atoms with Crippen LogP contribution < -0.4 is 10.1 Å². The minimum absolute atomic E-state index is 0.520. The average molecular weight is 424 g/mol. The summed E-state index contributed by atoms with van der Waals surface area (Å²) in [4.78, 5) is 38.8. The number of nitrogens with one attached hydrogen (secondary N) is 1. The van der Waals surface area contributed by atoms with Crippen LogP contribution in [0.3, 0.4) is 0 Å². The Morgan fingerprint density at radius 3 is 2.48 bits per heavy atom. The first-order valence-electron chi connectivity index (χ1n) is 9.43. The molecule has 6 nitrogen and oxygen atoms in total. The molecule has 1 saturated heterocycles. The molecular formula is C23H18F2N2O4.